The van der Waals surface area contributed by atoms with Crippen LogP contribution < -0.4 is 17.0 Å². The van der Waals surface area contributed by atoms with Gasteiger partial charge in [0.1, 0.15) is 11.4 Å². The van der Waals surface area contributed by atoms with Gasteiger partial charge in [-0.1, -0.05) is 32.1 Å². The predicted octanol–water partition coefficient (Wildman–Crippen LogP) is 0.742. The van der Waals surface area contributed by atoms with Gasteiger partial charge in [0.15, 0.2) is 6.61 Å². The molecule has 0 spiro atoms. The Bertz CT molecular complexity index is 728. The lowest BCUT2D eigenvalue weighted by Gasteiger charge is -2.20. The van der Waals surface area contributed by atoms with Gasteiger partial charge in [0.2, 0.25) is 5.78 Å². The predicted molar refractivity (Wildman–Crippen MR) is 87.8 cm³/mol. The molecule has 0 amide bonds. The average molecular weight is 337 g/mol. The number of H-pyrrole nitrogens is 1. The number of nitrogens with zero attached hydrogens (tertiary/aromatic N) is 1. The van der Waals surface area contributed by atoms with Crippen LogP contribution in [0.15, 0.2) is 9.59 Å². The molecule has 1 aliphatic rings. The molecule has 24 heavy (non-hydrogen) atoms. The number of ketones is 1. The molecule has 0 aliphatic heterocycles. The molecule has 8 heteroatoms. The first kappa shape index (κ1) is 18.0. The molecule has 0 radical (unpaired) electrons. The van der Waals surface area contributed by atoms with Crippen LogP contribution in [-0.4, -0.2) is 27.9 Å². The number of esters is 1. The molecule has 1 aromatic heterocycles. The number of carbonyl (C=O) groups is 2. The minimum Gasteiger partial charge on any atom is -0.457 e. The molecule has 132 valence electrons. The van der Waals surface area contributed by atoms with Crippen molar-refractivity contribution >= 4 is 17.6 Å². The minimum atomic E-state index is -0.876. The normalized spacial score (nSPS) is 15.2. The highest BCUT2D eigenvalue weighted by Gasteiger charge is 2.20. The Morgan fingerprint density at radius 3 is 2.58 bits per heavy atom. The second kappa shape index (κ2) is 7.94. The number of anilines is 1. The van der Waals surface area contributed by atoms with Gasteiger partial charge < -0.3 is 10.5 Å². The van der Waals surface area contributed by atoms with Crippen molar-refractivity contribution in [1.29, 1.82) is 0 Å². The Hall–Kier alpha value is -2.38. The first-order chi connectivity index (χ1) is 11.4. The number of rotatable bonds is 6. The van der Waals surface area contributed by atoms with Crippen molar-refractivity contribution in [2.45, 2.75) is 44.9 Å². The van der Waals surface area contributed by atoms with Crippen molar-refractivity contribution in [3.63, 3.8) is 0 Å². The van der Waals surface area contributed by atoms with Gasteiger partial charge in [-0.2, -0.15) is 0 Å². The Balaban J connectivity index is 1.89. The Kier molecular flexibility index (Phi) is 5.94. The third-order valence-corrected chi connectivity index (χ3v) is 4.49. The zero-order valence-electron chi connectivity index (χ0n) is 13.8. The van der Waals surface area contributed by atoms with Crippen molar-refractivity contribution < 1.29 is 14.3 Å². The van der Waals surface area contributed by atoms with E-state index in [1.54, 1.807) is 0 Å². The number of nitrogens with two attached hydrogens (primary N) is 1. The third kappa shape index (κ3) is 4.33. The Labute approximate surface area is 139 Å². The zero-order chi connectivity index (χ0) is 17.7. The minimum absolute atomic E-state index is 0.244. The fraction of sp³-hybridized carbons (Fsp3) is 0.625. The number of aromatic nitrogens is 2. The largest absolute Gasteiger partial charge is 0.457 e. The van der Waals surface area contributed by atoms with E-state index in [0.717, 1.165) is 23.8 Å². The quantitative estimate of drug-likeness (QED) is 0.583. The topological polar surface area (TPSA) is 124 Å². The Morgan fingerprint density at radius 2 is 1.92 bits per heavy atom. The van der Waals surface area contributed by atoms with E-state index in [4.69, 9.17) is 10.5 Å². The summed E-state index contributed by atoms with van der Waals surface area (Å²) in [7, 11) is 1.33. The molecule has 1 saturated carbocycles. The molecule has 1 aliphatic carbocycles. The highest BCUT2D eigenvalue weighted by Crippen LogP contribution is 2.27. The molecule has 2 rings (SSSR count). The first-order valence-corrected chi connectivity index (χ1v) is 8.17. The maximum absolute atomic E-state index is 12.1. The number of nitrogen functional groups attached to an aromatic ring is 1. The van der Waals surface area contributed by atoms with Crippen LogP contribution >= 0.6 is 0 Å². The summed E-state index contributed by atoms with van der Waals surface area (Å²) in [6, 6.07) is 0. The number of nitrogens with one attached hydrogen (secondary N) is 1. The summed E-state index contributed by atoms with van der Waals surface area (Å²) in [5.74, 6) is -0.889. The average Bonchev–Trinajstić information content (AvgIpc) is 2.57. The molecule has 0 aromatic carbocycles. The van der Waals surface area contributed by atoms with Crippen LogP contribution in [-0.2, 0) is 16.6 Å². The second-order valence-electron chi connectivity index (χ2n) is 6.21. The van der Waals surface area contributed by atoms with Crippen LogP contribution in [0.1, 0.15) is 55.3 Å². The zero-order valence-corrected chi connectivity index (χ0v) is 13.8. The lowest BCUT2D eigenvalue weighted by Crippen LogP contribution is -2.35. The van der Waals surface area contributed by atoms with Gasteiger partial charge in [-0.25, -0.2) is 4.79 Å². The van der Waals surface area contributed by atoms with Crippen LogP contribution in [0.25, 0.3) is 0 Å². The lowest BCUT2D eigenvalue weighted by atomic mass is 9.86. The fourth-order valence-corrected chi connectivity index (χ4v) is 2.99. The maximum Gasteiger partial charge on any atom is 0.329 e. The number of Topliss-reactive ketones (excluding diaryl/α,β-unsaturated/α-hetero) is 1. The summed E-state index contributed by atoms with van der Waals surface area (Å²) in [5, 5.41) is 0. The maximum atomic E-state index is 12.1. The van der Waals surface area contributed by atoms with Crippen molar-refractivity contribution in [3.8, 4) is 0 Å². The smallest absolute Gasteiger partial charge is 0.329 e. The van der Waals surface area contributed by atoms with E-state index in [-0.39, 0.29) is 17.8 Å². The van der Waals surface area contributed by atoms with Gasteiger partial charge in [0.25, 0.3) is 5.56 Å². The fourth-order valence-electron chi connectivity index (χ4n) is 2.99. The summed E-state index contributed by atoms with van der Waals surface area (Å²) in [5.41, 5.74) is 3.68. The highest BCUT2D eigenvalue weighted by atomic mass is 16.5. The van der Waals surface area contributed by atoms with E-state index < -0.39 is 29.6 Å². The lowest BCUT2D eigenvalue weighted by molar-refractivity contribution is -0.142. The van der Waals surface area contributed by atoms with Crippen LogP contribution in [0.5, 0.6) is 0 Å². The van der Waals surface area contributed by atoms with E-state index >= 15 is 0 Å². The molecule has 1 fully saturated rings. The Morgan fingerprint density at radius 1 is 1.25 bits per heavy atom. The van der Waals surface area contributed by atoms with Crippen LogP contribution in [0.4, 0.5) is 5.82 Å². The van der Waals surface area contributed by atoms with Gasteiger partial charge in [-0.05, 0) is 12.3 Å². The van der Waals surface area contributed by atoms with Gasteiger partial charge in [-0.15, -0.1) is 0 Å². The van der Waals surface area contributed by atoms with Gasteiger partial charge >= 0.3 is 11.7 Å². The van der Waals surface area contributed by atoms with Crippen molar-refractivity contribution in [1.82, 2.24) is 9.55 Å². The molecule has 3 N–H and O–H groups in total. The van der Waals surface area contributed by atoms with Crippen LogP contribution in [0.2, 0.25) is 0 Å². The SMILES string of the molecule is Cn1c(N)c(C(=O)COC(=O)CCC2CCCCC2)c(=O)[nH]c1=O. The van der Waals surface area contributed by atoms with Crippen molar-refractivity contribution in [2.24, 2.45) is 13.0 Å². The van der Waals surface area contributed by atoms with Gasteiger partial charge in [-0.3, -0.25) is 23.9 Å². The van der Waals surface area contributed by atoms with Crippen LogP contribution in [0, 0.1) is 5.92 Å². The first-order valence-electron chi connectivity index (χ1n) is 8.17. The molecule has 1 heterocycles. The van der Waals surface area contributed by atoms with Crippen molar-refractivity contribution in [2.75, 3.05) is 12.3 Å². The molecule has 8 nitrogen and oxygen atoms in total. The number of carbonyl (C=O) groups excluding carboxylic acids is 2. The molecule has 0 saturated heterocycles. The second-order valence-corrected chi connectivity index (χ2v) is 6.21. The molecule has 0 unspecified atom stereocenters. The molecule has 1 aromatic rings. The summed E-state index contributed by atoms with van der Waals surface area (Å²) >= 11 is 0. The van der Waals surface area contributed by atoms with E-state index in [0.29, 0.717) is 5.92 Å². The number of hydrogen-bond acceptors (Lipinski definition) is 6. The van der Waals surface area contributed by atoms with E-state index in [9.17, 15) is 19.2 Å². The molecular formula is C16H23N3O5. The summed E-state index contributed by atoms with van der Waals surface area (Å²) in [6.45, 7) is -0.561. The number of hydrogen-bond donors (Lipinski definition) is 2. The third-order valence-electron chi connectivity index (χ3n) is 4.49. The monoisotopic (exact) mass is 337 g/mol. The van der Waals surface area contributed by atoms with E-state index in [1.165, 1.54) is 26.3 Å². The number of ether oxygens (including phenoxy) is 1. The molecule has 0 bridgehead atoms. The van der Waals surface area contributed by atoms with Gasteiger partial charge in [0.05, 0.1) is 0 Å². The molecular weight excluding hydrogens is 314 g/mol. The van der Waals surface area contributed by atoms with Crippen LogP contribution in [0.3, 0.4) is 0 Å². The van der Waals surface area contributed by atoms with Crippen molar-refractivity contribution in [3.05, 3.63) is 26.4 Å². The summed E-state index contributed by atoms with van der Waals surface area (Å²) < 4.78 is 5.90. The summed E-state index contributed by atoms with van der Waals surface area (Å²) in [4.78, 5) is 48.9. The summed E-state index contributed by atoms with van der Waals surface area (Å²) in [6.07, 6.45) is 6.95. The van der Waals surface area contributed by atoms with E-state index in [2.05, 4.69) is 0 Å². The standard InChI is InChI=1S/C16H23N3O5/c1-19-14(17)13(15(22)18-16(19)23)11(20)9-24-12(21)8-7-10-5-3-2-4-6-10/h10H,2-9,17H2,1H3,(H,18,22,23). The van der Waals surface area contributed by atoms with E-state index in [1.807, 2.05) is 4.98 Å². The van der Waals surface area contributed by atoms with Gasteiger partial charge in [0, 0.05) is 13.5 Å². The molecule has 0 atom stereocenters. The number of aromatic amines is 1. The highest BCUT2D eigenvalue weighted by molar-refractivity contribution is 6.01.